The van der Waals surface area contributed by atoms with Crippen molar-refractivity contribution < 1.29 is 17.9 Å². The van der Waals surface area contributed by atoms with Crippen molar-refractivity contribution in [1.29, 1.82) is 0 Å². The van der Waals surface area contributed by atoms with E-state index in [-0.39, 0.29) is 12.3 Å². The average molecular weight is 405 g/mol. The van der Waals surface area contributed by atoms with Crippen LogP contribution in [0.15, 0.2) is 33.5 Å². The number of benzene rings is 1. The summed E-state index contributed by atoms with van der Waals surface area (Å²) in [6.45, 7) is 0.263. The first-order valence-electron chi connectivity index (χ1n) is 4.86. The van der Waals surface area contributed by atoms with E-state index in [0.29, 0.717) is 14.8 Å². The monoisotopic (exact) mass is 403 g/mol. The molecular weight excluding hydrogens is 395 g/mol. The lowest BCUT2D eigenvalue weighted by molar-refractivity contribution is -0.274. The molecule has 0 aromatic heterocycles. The van der Waals surface area contributed by atoms with Crippen LogP contribution in [0, 0.1) is 0 Å². The van der Waals surface area contributed by atoms with Crippen LogP contribution >= 0.6 is 31.9 Å². The molecule has 0 saturated heterocycles. The first-order chi connectivity index (χ1) is 8.69. The average Bonchev–Trinajstić information content (AvgIpc) is 2.28. The van der Waals surface area contributed by atoms with E-state index < -0.39 is 6.36 Å². The van der Waals surface area contributed by atoms with Gasteiger partial charge in [0, 0.05) is 0 Å². The molecule has 0 saturated carbocycles. The Morgan fingerprint density at radius 3 is 2.16 bits per heavy atom. The third-order valence-electron chi connectivity index (χ3n) is 1.96. The summed E-state index contributed by atoms with van der Waals surface area (Å²) in [6.07, 6.45) is -4.70. The third kappa shape index (κ3) is 5.70. The van der Waals surface area contributed by atoms with Gasteiger partial charge in [0.25, 0.3) is 0 Å². The zero-order chi connectivity index (χ0) is 14.6. The fourth-order valence-corrected chi connectivity index (χ4v) is 1.55. The van der Waals surface area contributed by atoms with Gasteiger partial charge < -0.3 is 10.5 Å². The Morgan fingerprint density at radius 1 is 1.21 bits per heavy atom. The highest BCUT2D eigenvalue weighted by Gasteiger charge is 2.30. The van der Waals surface area contributed by atoms with Crippen LogP contribution in [0.2, 0.25) is 0 Å². The fraction of sp³-hybridized carbons (Fsp3) is 0.200. The van der Waals surface area contributed by atoms with Gasteiger partial charge in [0.1, 0.15) is 15.0 Å². The largest absolute Gasteiger partial charge is 0.573 e. The maximum absolute atomic E-state index is 12.0. The number of nitrogens with two attached hydrogens (primary N) is 2. The molecule has 4 N–H and O–H groups in total. The predicted octanol–water partition coefficient (Wildman–Crippen LogP) is 3.14. The third-order valence-corrected chi connectivity index (χ3v) is 3.75. The summed E-state index contributed by atoms with van der Waals surface area (Å²) in [5, 5.41) is 1.30. The van der Waals surface area contributed by atoms with Gasteiger partial charge in [-0.15, -0.1) is 13.2 Å². The number of alkyl halides is 3. The Bertz CT molecular complexity index is 458. The van der Waals surface area contributed by atoms with Gasteiger partial charge in [-0.05, 0) is 49.6 Å². The Labute approximate surface area is 124 Å². The maximum atomic E-state index is 12.0. The molecule has 4 nitrogen and oxygen atoms in total. The van der Waals surface area contributed by atoms with Crippen LogP contribution in [0.1, 0.15) is 5.56 Å². The lowest BCUT2D eigenvalue weighted by atomic mass is 10.2. The van der Waals surface area contributed by atoms with Gasteiger partial charge in [0.15, 0.2) is 0 Å². The number of nitrogens with zero attached hydrogens (tertiary/aromatic N) is 1. The van der Waals surface area contributed by atoms with Gasteiger partial charge in [-0.1, -0.05) is 12.1 Å². The molecule has 0 fully saturated rings. The highest BCUT2D eigenvalue weighted by atomic mass is 79.9. The van der Waals surface area contributed by atoms with E-state index in [4.69, 9.17) is 11.6 Å². The summed E-state index contributed by atoms with van der Waals surface area (Å²) >= 11 is 6.20. The van der Waals surface area contributed by atoms with Crippen LogP contribution in [0.3, 0.4) is 0 Å². The van der Waals surface area contributed by atoms with Crippen molar-refractivity contribution in [3.05, 3.63) is 39.0 Å². The van der Waals surface area contributed by atoms with Gasteiger partial charge in [-0.2, -0.15) is 0 Å². The highest BCUT2D eigenvalue weighted by molar-refractivity contribution is 9.14. The molecule has 0 unspecified atom stereocenters. The molecule has 0 aliphatic carbocycles. The van der Waals surface area contributed by atoms with E-state index in [1.54, 1.807) is 0 Å². The molecule has 0 aliphatic rings. The van der Waals surface area contributed by atoms with E-state index >= 15 is 0 Å². The van der Waals surface area contributed by atoms with Crippen molar-refractivity contribution >= 4 is 31.9 Å². The van der Waals surface area contributed by atoms with Gasteiger partial charge in [0.2, 0.25) is 0 Å². The highest BCUT2D eigenvalue weighted by Crippen LogP contribution is 2.23. The van der Waals surface area contributed by atoms with Gasteiger partial charge >= 0.3 is 6.36 Å². The lowest BCUT2D eigenvalue weighted by Gasteiger charge is -2.18. The predicted molar refractivity (Wildman–Crippen MR) is 71.9 cm³/mol. The maximum Gasteiger partial charge on any atom is 0.573 e. The topological polar surface area (TPSA) is 64.5 Å². The minimum absolute atomic E-state index is 0.263. The second-order valence-corrected chi connectivity index (χ2v) is 5.06. The zero-order valence-corrected chi connectivity index (χ0v) is 12.6. The van der Waals surface area contributed by atoms with Crippen LogP contribution in [-0.2, 0) is 6.54 Å². The molecule has 9 heteroatoms. The van der Waals surface area contributed by atoms with Crippen LogP contribution in [0.25, 0.3) is 0 Å². The van der Waals surface area contributed by atoms with Gasteiger partial charge in [-0.25, -0.2) is 5.84 Å². The van der Waals surface area contributed by atoms with E-state index in [9.17, 15) is 13.2 Å². The summed E-state index contributed by atoms with van der Waals surface area (Å²) < 4.78 is 40.4. The van der Waals surface area contributed by atoms with Crippen LogP contribution < -0.4 is 16.3 Å². The molecule has 0 radical (unpaired) electrons. The van der Waals surface area contributed by atoms with Crippen molar-refractivity contribution in [1.82, 2.24) is 5.01 Å². The molecule has 0 amide bonds. The molecular formula is C10H10Br2F3N3O. The summed E-state index contributed by atoms with van der Waals surface area (Å²) in [4.78, 5) is 0. The number of rotatable bonds is 4. The molecule has 1 aromatic carbocycles. The van der Waals surface area contributed by atoms with Crippen LogP contribution in [0.5, 0.6) is 5.75 Å². The summed E-state index contributed by atoms with van der Waals surface area (Å²) in [6, 6.07) is 5.38. The molecule has 0 spiro atoms. The van der Waals surface area contributed by atoms with E-state index in [2.05, 4.69) is 36.6 Å². The first kappa shape index (κ1) is 16.1. The standard InChI is InChI=1S/C10H10Br2F3N3O/c11-8(16)9(12)18(17)5-6-1-3-7(4-2-6)19-10(13,14)15/h1-4H,5,16-17H2/b9-8-. The Hall–Kier alpha value is -0.930. The quantitative estimate of drug-likeness (QED) is 0.459. The summed E-state index contributed by atoms with van der Waals surface area (Å²) in [7, 11) is 0. The van der Waals surface area contributed by atoms with Crippen LogP contribution in [0.4, 0.5) is 13.2 Å². The number of hydrazine groups is 1. The molecule has 0 bridgehead atoms. The summed E-state index contributed by atoms with van der Waals surface area (Å²) in [5.41, 5.74) is 6.16. The van der Waals surface area contributed by atoms with Crippen LogP contribution in [-0.4, -0.2) is 11.4 Å². The summed E-state index contributed by atoms with van der Waals surface area (Å²) in [5.74, 6) is 5.41. The van der Waals surface area contributed by atoms with E-state index in [1.165, 1.54) is 29.3 Å². The fourth-order valence-electron chi connectivity index (χ4n) is 1.20. The first-order valence-corrected chi connectivity index (χ1v) is 6.45. The Morgan fingerprint density at radius 2 is 1.74 bits per heavy atom. The number of hydrogen-bond acceptors (Lipinski definition) is 4. The molecule has 1 rings (SSSR count). The molecule has 1 aromatic rings. The van der Waals surface area contributed by atoms with Crippen molar-refractivity contribution in [2.75, 3.05) is 0 Å². The van der Waals surface area contributed by atoms with Crippen molar-refractivity contribution in [3.8, 4) is 5.75 Å². The lowest BCUT2D eigenvalue weighted by Crippen LogP contribution is -2.28. The van der Waals surface area contributed by atoms with E-state index in [0.717, 1.165) is 0 Å². The number of hydrogen-bond donors (Lipinski definition) is 2. The minimum Gasteiger partial charge on any atom is -0.406 e. The molecule has 0 heterocycles. The Balaban J connectivity index is 2.70. The molecule has 0 atom stereocenters. The van der Waals surface area contributed by atoms with Gasteiger partial charge in [-0.3, -0.25) is 5.01 Å². The SMILES string of the molecule is N/C(Br)=C(/Br)N(N)Cc1ccc(OC(F)(F)F)cc1. The van der Waals surface area contributed by atoms with Crippen molar-refractivity contribution in [2.45, 2.75) is 12.9 Å². The second kappa shape index (κ2) is 6.49. The van der Waals surface area contributed by atoms with E-state index in [1.807, 2.05) is 0 Å². The molecule has 19 heavy (non-hydrogen) atoms. The van der Waals surface area contributed by atoms with Crippen molar-refractivity contribution in [3.63, 3.8) is 0 Å². The number of ether oxygens (including phenoxy) is 1. The molecule has 0 aliphatic heterocycles. The minimum atomic E-state index is -4.70. The normalized spacial score (nSPS) is 12.9. The van der Waals surface area contributed by atoms with Crippen molar-refractivity contribution in [2.24, 2.45) is 11.6 Å². The van der Waals surface area contributed by atoms with Gasteiger partial charge in [0.05, 0.1) is 6.54 Å². The molecule has 106 valence electrons. The zero-order valence-electron chi connectivity index (χ0n) is 9.42. The second-order valence-electron chi connectivity index (χ2n) is 3.46. The smallest absolute Gasteiger partial charge is 0.406 e. The number of halogens is 5. The Kier molecular flexibility index (Phi) is 5.50.